The molecule has 3 aromatic rings. The zero-order valence-corrected chi connectivity index (χ0v) is 23.7. The fourth-order valence-corrected chi connectivity index (χ4v) is 5.94. The minimum absolute atomic E-state index is 0.250. The normalized spacial score (nSPS) is 18.4. The Hall–Kier alpha value is -2.97. The van der Waals surface area contributed by atoms with Crippen LogP contribution in [0.1, 0.15) is 66.2 Å². The van der Waals surface area contributed by atoms with Crippen LogP contribution < -0.4 is 4.74 Å². The second-order valence-electron chi connectivity index (χ2n) is 11.1. The van der Waals surface area contributed by atoms with E-state index in [-0.39, 0.29) is 6.61 Å². The predicted octanol–water partition coefficient (Wildman–Crippen LogP) is 5.60. The van der Waals surface area contributed by atoms with E-state index in [9.17, 15) is 5.11 Å². The van der Waals surface area contributed by atoms with Gasteiger partial charge in [0.05, 0.1) is 6.61 Å². The summed E-state index contributed by atoms with van der Waals surface area (Å²) in [5.74, 6) is 2.12. The average Bonchev–Trinajstić information content (AvgIpc) is 3.45. The van der Waals surface area contributed by atoms with E-state index in [0.717, 1.165) is 55.6 Å². The number of methoxy groups -OCH3 is 1. The van der Waals surface area contributed by atoms with Crippen molar-refractivity contribution in [3.63, 3.8) is 0 Å². The highest BCUT2D eigenvalue weighted by Gasteiger charge is 2.23. The second kappa shape index (κ2) is 14.6. The Morgan fingerprint density at radius 1 is 0.975 bits per heavy atom. The molecular weight excluding hydrogens is 502 g/mol. The molecule has 1 aromatic heterocycles. The summed E-state index contributed by atoms with van der Waals surface area (Å²) in [6, 6.07) is 18.7. The number of aliphatic hydroxyl groups excluding tert-OH is 1. The molecule has 0 radical (unpaired) electrons. The Morgan fingerprint density at radius 3 is 2.55 bits per heavy atom. The third-order valence-corrected chi connectivity index (χ3v) is 8.07. The van der Waals surface area contributed by atoms with Gasteiger partial charge in [0.15, 0.2) is 5.76 Å². The van der Waals surface area contributed by atoms with Crippen LogP contribution in [-0.2, 0) is 17.9 Å². The van der Waals surface area contributed by atoms with Crippen molar-refractivity contribution in [3.8, 4) is 5.75 Å². The van der Waals surface area contributed by atoms with Gasteiger partial charge in [-0.25, -0.2) is 0 Å². The van der Waals surface area contributed by atoms with Crippen LogP contribution in [0, 0.1) is 0 Å². The van der Waals surface area contributed by atoms with Crippen molar-refractivity contribution in [1.29, 1.82) is 0 Å². The number of β-amino-alcohol motifs (C(OH)–C–C–N with tert-alkyl or cyclic N) is 1. The number of nitrogens with zero attached hydrogens (tertiary/aromatic N) is 3. The van der Waals surface area contributed by atoms with Crippen molar-refractivity contribution in [2.45, 2.75) is 57.3 Å². The Kier molecular flexibility index (Phi) is 10.4. The first-order valence-corrected chi connectivity index (χ1v) is 14.7. The van der Waals surface area contributed by atoms with Crippen LogP contribution in [0.2, 0.25) is 0 Å². The molecule has 1 saturated carbocycles. The second-order valence-corrected chi connectivity index (χ2v) is 11.1. The van der Waals surface area contributed by atoms with E-state index in [2.05, 4.69) is 39.2 Å². The number of hydrogen-bond acceptors (Lipinski definition) is 7. The van der Waals surface area contributed by atoms with Crippen LogP contribution in [0.15, 0.2) is 59.1 Å². The van der Waals surface area contributed by atoms with Crippen molar-refractivity contribution >= 4 is 12.2 Å². The lowest BCUT2D eigenvalue weighted by Crippen LogP contribution is -2.48. The predicted molar refractivity (Wildman–Crippen MR) is 158 cm³/mol. The Bertz CT molecular complexity index is 1210. The van der Waals surface area contributed by atoms with Crippen LogP contribution in [0.4, 0.5) is 0 Å². The number of aromatic nitrogens is 1. The lowest BCUT2D eigenvalue weighted by Gasteiger charge is -2.36. The largest absolute Gasteiger partial charge is 0.490 e. The van der Waals surface area contributed by atoms with Crippen LogP contribution in [0.25, 0.3) is 12.2 Å². The van der Waals surface area contributed by atoms with E-state index in [1.807, 2.05) is 42.5 Å². The first kappa shape index (κ1) is 28.6. The van der Waals surface area contributed by atoms with E-state index in [1.165, 1.54) is 37.7 Å². The van der Waals surface area contributed by atoms with E-state index in [0.29, 0.717) is 18.9 Å². The molecule has 1 N–H and O–H groups in total. The summed E-state index contributed by atoms with van der Waals surface area (Å²) in [6.07, 6.45) is 10.0. The third kappa shape index (κ3) is 8.04. The van der Waals surface area contributed by atoms with Gasteiger partial charge in [0.2, 0.25) is 0 Å². The summed E-state index contributed by atoms with van der Waals surface area (Å²) < 4.78 is 16.5. The third-order valence-electron chi connectivity index (χ3n) is 8.07. The van der Waals surface area contributed by atoms with Crippen molar-refractivity contribution in [2.24, 2.45) is 0 Å². The van der Waals surface area contributed by atoms with Crippen LogP contribution in [-0.4, -0.2) is 72.6 Å². The number of ether oxygens (including phenoxy) is 2. The lowest BCUT2D eigenvalue weighted by molar-refractivity contribution is 0.0445. The number of rotatable bonds is 12. The molecule has 0 bridgehead atoms. The molecule has 0 spiro atoms. The number of hydrogen-bond donors (Lipinski definition) is 1. The highest BCUT2D eigenvalue weighted by Crippen LogP contribution is 2.34. The van der Waals surface area contributed by atoms with Crippen molar-refractivity contribution in [3.05, 3.63) is 82.7 Å². The van der Waals surface area contributed by atoms with Crippen LogP contribution >= 0.6 is 0 Å². The van der Waals surface area contributed by atoms with Gasteiger partial charge in [0.25, 0.3) is 0 Å². The van der Waals surface area contributed by atoms with Gasteiger partial charge in [-0.3, -0.25) is 9.80 Å². The Labute approximate surface area is 238 Å². The minimum Gasteiger partial charge on any atom is -0.490 e. The van der Waals surface area contributed by atoms with Gasteiger partial charge in [-0.05, 0) is 48.1 Å². The fraction of sp³-hybridized carbons (Fsp3) is 0.485. The van der Waals surface area contributed by atoms with Gasteiger partial charge in [-0.15, -0.1) is 0 Å². The molecule has 1 unspecified atom stereocenters. The summed E-state index contributed by atoms with van der Waals surface area (Å²) in [5, 5.41) is 14.7. The summed E-state index contributed by atoms with van der Waals surface area (Å²) >= 11 is 0. The van der Waals surface area contributed by atoms with E-state index >= 15 is 0 Å². The number of para-hydroxylation sites is 1. The quantitative estimate of drug-likeness (QED) is 0.318. The summed E-state index contributed by atoms with van der Waals surface area (Å²) in [6.45, 7) is 6.28. The summed E-state index contributed by atoms with van der Waals surface area (Å²) in [5.41, 5.74) is 4.74. The SMILES string of the molecule is COCc1cc(/C=C/c2ccccc2OCC(O)CN2CCN(Cc3ccccc3C3CCCCC3)CC2)on1. The highest BCUT2D eigenvalue weighted by atomic mass is 16.5. The molecule has 2 fully saturated rings. The maximum absolute atomic E-state index is 10.8. The molecular formula is C33H43N3O4. The van der Waals surface area contributed by atoms with Gasteiger partial charge in [0.1, 0.15) is 24.2 Å². The van der Waals surface area contributed by atoms with Crippen molar-refractivity contribution in [2.75, 3.05) is 46.4 Å². The number of benzene rings is 2. The summed E-state index contributed by atoms with van der Waals surface area (Å²) in [7, 11) is 1.63. The number of aliphatic hydroxyl groups is 1. The number of piperazine rings is 1. The van der Waals surface area contributed by atoms with E-state index in [4.69, 9.17) is 14.0 Å². The fourth-order valence-electron chi connectivity index (χ4n) is 5.94. The molecule has 2 aromatic carbocycles. The zero-order chi connectivity index (χ0) is 27.6. The van der Waals surface area contributed by atoms with Crippen molar-refractivity contribution < 1.29 is 19.1 Å². The van der Waals surface area contributed by atoms with E-state index in [1.54, 1.807) is 12.7 Å². The average molecular weight is 546 g/mol. The molecule has 214 valence electrons. The summed E-state index contributed by atoms with van der Waals surface area (Å²) in [4.78, 5) is 4.92. The van der Waals surface area contributed by atoms with Gasteiger partial charge >= 0.3 is 0 Å². The van der Waals surface area contributed by atoms with Crippen molar-refractivity contribution in [1.82, 2.24) is 15.0 Å². The maximum Gasteiger partial charge on any atom is 0.160 e. The monoisotopic (exact) mass is 545 g/mol. The molecule has 1 saturated heterocycles. The van der Waals surface area contributed by atoms with Gasteiger partial charge < -0.3 is 19.1 Å². The minimum atomic E-state index is -0.554. The lowest BCUT2D eigenvalue weighted by atomic mass is 9.82. The topological polar surface area (TPSA) is 71.2 Å². The Balaban J connectivity index is 1.07. The van der Waals surface area contributed by atoms with Crippen LogP contribution in [0.3, 0.4) is 0 Å². The molecule has 0 amide bonds. The smallest absolute Gasteiger partial charge is 0.160 e. The molecule has 1 aliphatic heterocycles. The van der Waals surface area contributed by atoms with E-state index < -0.39 is 6.10 Å². The molecule has 2 aliphatic rings. The first-order chi connectivity index (χ1) is 19.7. The van der Waals surface area contributed by atoms with Crippen LogP contribution in [0.5, 0.6) is 5.75 Å². The molecule has 7 nitrogen and oxygen atoms in total. The molecule has 40 heavy (non-hydrogen) atoms. The van der Waals surface area contributed by atoms with Gasteiger partial charge in [-0.2, -0.15) is 0 Å². The first-order valence-electron chi connectivity index (χ1n) is 14.7. The van der Waals surface area contributed by atoms with Gasteiger partial charge in [-0.1, -0.05) is 66.9 Å². The molecule has 1 aliphatic carbocycles. The highest BCUT2D eigenvalue weighted by molar-refractivity contribution is 5.70. The molecule has 5 rings (SSSR count). The maximum atomic E-state index is 10.8. The molecule has 7 heteroatoms. The van der Waals surface area contributed by atoms with Gasteiger partial charge in [0, 0.05) is 58.0 Å². The zero-order valence-electron chi connectivity index (χ0n) is 23.7. The Morgan fingerprint density at radius 2 is 1.73 bits per heavy atom. The standard InChI is InChI=1S/C33H43N3O4/c1-38-24-29-21-31(40-34-29)16-15-27-11-6-8-14-33(27)39-25-30(37)23-36-19-17-35(18-20-36)22-28-12-5-7-13-32(28)26-9-3-2-4-10-26/h5-8,11-16,21,26,30,37H,2-4,9-10,17-20,22-25H2,1H3/b16-15+. The molecule has 1 atom stereocenters. The molecule has 2 heterocycles.